The summed E-state index contributed by atoms with van der Waals surface area (Å²) >= 11 is 1.63. The molecule has 98 valence electrons. The van der Waals surface area contributed by atoms with Gasteiger partial charge in [-0.3, -0.25) is 4.79 Å². The van der Waals surface area contributed by atoms with E-state index in [0.717, 1.165) is 15.6 Å². The summed E-state index contributed by atoms with van der Waals surface area (Å²) in [5.74, 6) is 0.150. The van der Waals surface area contributed by atoms with Crippen LogP contribution in [-0.2, 0) is 4.79 Å². The lowest BCUT2D eigenvalue weighted by Gasteiger charge is -2.16. The first-order valence-electron chi connectivity index (χ1n) is 6.19. The third-order valence-corrected chi connectivity index (χ3v) is 4.45. The van der Waals surface area contributed by atoms with Gasteiger partial charge in [-0.25, -0.2) is 4.98 Å². The lowest BCUT2D eigenvalue weighted by Crippen LogP contribution is -2.29. The number of anilines is 1. The number of amides is 1. The van der Waals surface area contributed by atoms with Crippen molar-refractivity contribution in [3.8, 4) is 10.4 Å². The van der Waals surface area contributed by atoms with E-state index in [0.29, 0.717) is 6.67 Å². The minimum absolute atomic E-state index is 0.125. The first kappa shape index (κ1) is 12.2. The van der Waals surface area contributed by atoms with Gasteiger partial charge < -0.3 is 9.80 Å². The van der Waals surface area contributed by atoms with Gasteiger partial charge in [-0.1, -0.05) is 41.7 Å². The Hall–Kier alpha value is -1.88. The van der Waals surface area contributed by atoms with E-state index in [1.54, 1.807) is 16.2 Å². The van der Waals surface area contributed by atoms with Gasteiger partial charge in [-0.05, 0) is 12.5 Å². The maximum atomic E-state index is 11.8. The van der Waals surface area contributed by atoms with Gasteiger partial charge in [0, 0.05) is 13.2 Å². The van der Waals surface area contributed by atoms with Crippen LogP contribution in [0.1, 0.15) is 6.92 Å². The number of hydrogen-bond donors (Lipinski definition) is 0. The highest BCUT2D eigenvalue weighted by Gasteiger charge is 2.34. The molecule has 0 aliphatic carbocycles. The summed E-state index contributed by atoms with van der Waals surface area (Å²) in [5.41, 5.74) is 1.16. The van der Waals surface area contributed by atoms with Gasteiger partial charge in [0.1, 0.15) is 6.04 Å². The lowest BCUT2D eigenvalue weighted by molar-refractivity contribution is -0.127. The molecule has 1 saturated heterocycles. The molecule has 0 bridgehead atoms. The zero-order valence-corrected chi connectivity index (χ0v) is 11.7. The molecular formula is C14H15N3OS. The molecule has 1 atom stereocenters. The standard InChI is InChI=1S/C14H15N3OS/c1-10-13(18)16(2)9-17(10)14-15-8-12(19-14)11-6-4-3-5-7-11/h3-8,10H,9H2,1-2H3. The SMILES string of the molecule is CC1C(=O)N(C)CN1c1ncc(-c2ccccc2)s1. The van der Waals surface area contributed by atoms with Crippen LogP contribution in [0.5, 0.6) is 0 Å². The summed E-state index contributed by atoms with van der Waals surface area (Å²) in [6, 6.07) is 10.1. The largest absolute Gasteiger partial charge is 0.326 e. The van der Waals surface area contributed by atoms with Crippen molar-refractivity contribution in [1.82, 2.24) is 9.88 Å². The van der Waals surface area contributed by atoms with Gasteiger partial charge in [0.2, 0.25) is 5.91 Å². The maximum absolute atomic E-state index is 11.8. The Morgan fingerprint density at radius 3 is 2.68 bits per heavy atom. The summed E-state index contributed by atoms with van der Waals surface area (Å²) < 4.78 is 0. The number of nitrogens with zero attached hydrogens (tertiary/aromatic N) is 3. The Bertz CT molecular complexity index is 596. The zero-order valence-electron chi connectivity index (χ0n) is 10.9. The van der Waals surface area contributed by atoms with E-state index in [2.05, 4.69) is 17.1 Å². The van der Waals surface area contributed by atoms with Gasteiger partial charge in [-0.2, -0.15) is 0 Å². The molecule has 19 heavy (non-hydrogen) atoms. The second kappa shape index (κ2) is 4.66. The normalized spacial score (nSPS) is 19.3. The minimum atomic E-state index is -0.125. The molecule has 1 aliphatic heterocycles. The molecule has 0 spiro atoms. The van der Waals surface area contributed by atoms with Crippen LogP contribution in [0.15, 0.2) is 36.5 Å². The van der Waals surface area contributed by atoms with Crippen LogP contribution < -0.4 is 4.90 Å². The van der Waals surface area contributed by atoms with E-state index < -0.39 is 0 Å². The molecule has 0 saturated carbocycles. The molecule has 1 aromatic carbocycles. The first-order chi connectivity index (χ1) is 9.16. The summed E-state index contributed by atoms with van der Waals surface area (Å²) in [6.07, 6.45) is 1.88. The van der Waals surface area contributed by atoms with Crippen molar-refractivity contribution in [2.45, 2.75) is 13.0 Å². The lowest BCUT2D eigenvalue weighted by atomic mass is 10.2. The molecule has 5 heteroatoms. The van der Waals surface area contributed by atoms with Crippen LogP contribution >= 0.6 is 11.3 Å². The number of thiazole rings is 1. The fourth-order valence-corrected chi connectivity index (χ4v) is 3.23. The van der Waals surface area contributed by atoms with E-state index in [1.165, 1.54) is 0 Å². The van der Waals surface area contributed by atoms with Crippen molar-refractivity contribution in [2.75, 3.05) is 18.6 Å². The molecule has 2 heterocycles. The Kier molecular flexibility index (Phi) is 2.98. The first-order valence-corrected chi connectivity index (χ1v) is 7.01. The Labute approximate surface area is 116 Å². The van der Waals surface area contributed by atoms with Crippen molar-refractivity contribution in [2.24, 2.45) is 0 Å². The number of hydrogen-bond acceptors (Lipinski definition) is 4. The topological polar surface area (TPSA) is 36.4 Å². The van der Waals surface area contributed by atoms with Crippen molar-refractivity contribution in [1.29, 1.82) is 0 Å². The molecule has 1 fully saturated rings. The van der Waals surface area contributed by atoms with Crippen LogP contribution in [0.2, 0.25) is 0 Å². The minimum Gasteiger partial charge on any atom is -0.326 e. The van der Waals surface area contributed by atoms with Crippen molar-refractivity contribution < 1.29 is 4.79 Å². The smallest absolute Gasteiger partial charge is 0.246 e. The van der Waals surface area contributed by atoms with Gasteiger partial charge in [0.05, 0.1) is 11.5 Å². The van der Waals surface area contributed by atoms with E-state index in [1.807, 2.05) is 43.3 Å². The number of benzene rings is 1. The van der Waals surface area contributed by atoms with Crippen LogP contribution in [0.25, 0.3) is 10.4 Å². The van der Waals surface area contributed by atoms with Gasteiger partial charge in [0.15, 0.2) is 5.13 Å². The van der Waals surface area contributed by atoms with Crippen molar-refractivity contribution >= 4 is 22.4 Å². The average Bonchev–Trinajstić information content (AvgIpc) is 3.01. The summed E-state index contributed by atoms with van der Waals surface area (Å²) in [6.45, 7) is 2.54. The molecule has 1 aliphatic rings. The fraction of sp³-hybridized carbons (Fsp3) is 0.286. The molecule has 1 unspecified atom stereocenters. The molecule has 1 aromatic heterocycles. The number of rotatable bonds is 2. The third-order valence-electron chi connectivity index (χ3n) is 3.36. The second-order valence-corrected chi connectivity index (χ2v) is 5.71. The van der Waals surface area contributed by atoms with Crippen LogP contribution in [0.4, 0.5) is 5.13 Å². The van der Waals surface area contributed by atoms with Gasteiger partial charge >= 0.3 is 0 Å². The average molecular weight is 273 g/mol. The number of aromatic nitrogens is 1. The molecule has 0 N–H and O–H groups in total. The maximum Gasteiger partial charge on any atom is 0.246 e. The predicted molar refractivity (Wildman–Crippen MR) is 77.1 cm³/mol. The quantitative estimate of drug-likeness (QED) is 0.843. The van der Waals surface area contributed by atoms with Crippen LogP contribution in [-0.4, -0.2) is 35.5 Å². The number of carbonyl (C=O) groups excluding carboxylic acids is 1. The molecule has 2 aromatic rings. The van der Waals surface area contributed by atoms with Gasteiger partial charge in [-0.15, -0.1) is 0 Å². The van der Waals surface area contributed by atoms with E-state index in [4.69, 9.17) is 0 Å². The van der Waals surface area contributed by atoms with Crippen molar-refractivity contribution in [3.63, 3.8) is 0 Å². The highest BCUT2D eigenvalue weighted by atomic mass is 32.1. The summed E-state index contributed by atoms with van der Waals surface area (Å²) in [5, 5.41) is 0.907. The van der Waals surface area contributed by atoms with Crippen molar-refractivity contribution in [3.05, 3.63) is 36.5 Å². The number of carbonyl (C=O) groups is 1. The molecule has 1 amide bonds. The van der Waals surface area contributed by atoms with Gasteiger partial charge in [0.25, 0.3) is 0 Å². The molecular weight excluding hydrogens is 258 g/mol. The highest BCUT2D eigenvalue weighted by molar-refractivity contribution is 7.18. The summed E-state index contributed by atoms with van der Waals surface area (Å²) in [7, 11) is 1.82. The van der Waals surface area contributed by atoms with Crippen LogP contribution in [0.3, 0.4) is 0 Å². The van der Waals surface area contributed by atoms with Crippen LogP contribution in [0, 0.1) is 0 Å². The highest BCUT2D eigenvalue weighted by Crippen LogP contribution is 2.33. The number of likely N-dealkylation sites (N-methyl/N-ethyl adjacent to an activating group) is 1. The Morgan fingerprint density at radius 2 is 2.05 bits per heavy atom. The molecule has 3 rings (SSSR count). The Morgan fingerprint density at radius 1 is 1.32 bits per heavy atom. The second-order valence-electron chi connectivity index (χ2n) is 4.70. The predicted octanol–water partition coefficient (Wildman–Crippen LogP) is 2.43. The molecule has 4 nitrogen and oxygen atoms in total. The summed E-state index contributed by atoms with van der Waals surface area (Å²) in [4.78, 5) is 21.2. The van der Waals surface area contributed by atoms with E-state index >= 15 is 0 Å². The third kappa shape index (κ3) is 2.10. The molecule has 0 radical (unpaired) electrons. The van der Waals surface area contributed by atoms with E-state index in [9.17, 15) is 4.79 Å². The Balaban J connectivity index is 1.88. The fourth-order valence-electron chi connectivity index (χ4n) is 2.23. The van der Waals surface area contributed by atoms with E-state index in [-0.39, 0.29) is 11.9 Å². The zero-order chi connectivity index (χ0) is 13.4. The monoisotopic (exact) mass is 273 g/mol.